The van der Waals surface area contributed by atoms with E-state index in [-0.39, 0.29) is 5.82 Å². The molecule has 0 saturated heterocycles. The van der Waals surface area contributed by atoms with E-state index in [0.717, 1.165) is 29.6 Å². The number of ether oxygens (including phenoxy) is 1. The topological polar surface area (TPSA) is 26.3 Å². The number of aryl methyl sites for hydroxylation is 1. The van der Waals surface area contributed by atoms with Crippen molar-refractivity contribution in [1.82, 2.24) is 0 Å². The fourth-order valence-electron chi connectivity index (χ4n) is 1.73. The lowest BCUT2D eigenvalue weighted by atomic mass is 10.1. The molecule has 19 heavy (non-hydrogen) atoms. The van der Waals surface area contributed by atoms with Gasteiger partial charge in [-0.05, 0) is 41.8 Å². The second-order valence-electron chi connectivity index (χ2n) is 4.26. The van der Waals surface area contributed by atoms with Crippen molar-refractivity contribution in [2.75, 3.05) is 0 Å². The molecule has 0 N–H and O–H groups in total. The highest BCUT2D eigenvalue weighted by Crippen LogP contribution is 2.15. The van der Waals surface area contributed by atoms with Gasteiger partial charge in [-0.25, -0.2) is 4.39 Å². The first-order valence-electron chi connectivity index (χ1n) is 6.18. The van der Waals surface area contributed by atoms with E-state index < -0.39 is 0 Å². The van der Waals surface area contributed by atoms with Crippen molar-refractivity contribution in [3.05, 3.63) is 65.5 Å². The normalized spacial score (nSPS) is 10.2. The van der Waals surface area contributed by atoms with Crippen LogP contribution in [0.1, 0.15) is 17.5 Å². The van der Waals surface area contributed by atoms with E-state index in [0.29, 0.717) is 13.0 Å². The number of halogens is 1. The van der Waals surface area contributed by atoms with Gasteiger partial charge in [0, 0.05) is 6.42 Å². The minimum Gasteiger partial charge on any atom is -0.489 e. The molecular weight excluding hydrogens is 243 g/mol. The maximum atomic E-state index is 12.7. The molecule has 0 aliphatic carbocycles. The summed E-state index contributed by atoms with van der Waals surface area (Å²) < 4.78 is 18.3. The first-order chi connectivity index (χ1) is 9.28. The summed E-state index contributed by atoms with van der Waals surface area (Å²) in [5.74, 6) is 0.516. The van der Waals surface area contributed by atoms with Gasteiger partial charge in [-0.2, -0.15) is 0 Å². The molecule has 0 unspecified atom stereocenters. The summed E-state index contributed by atoms with van der Waals surface area (Å²) in [6.45, 7) is 0.411. The fraction of sp³-hybridized carbons (Fsp3) is 0.188. The fourth-order valence-corrected chi connectivity index (χ4v) is 1.73. The quantitative estimate of drug-likeness (QED) is 0.741. The number of rotatable bonds is 6. The number of aldehydes is 1. The van der Waals surface area contributed by atoms with Crippen molar-refractivity contribution in [3.63, 3.8) is 0 Å². The number of hydrogen-bond donors (Lipinski definition) is 0. The lowest BCUT2D eigenvalue weighted by Crippen LogP contribution is -1.95. The molecule has 2 nitrogen and oxygen atoms in total. The Labute approximate surface area is 111 Å². The molecule has 98 valence electrons. The molecule has 0 spiro atoms. The van der Waals surface area contributed by atoms with Crippen molar-refractivity contribution in [1.29, 1.82) is 0 Å². The highest BCUT2D eigenvalue weighted by Gasteiger charge is 1.98. The van der Waals surface area contributed by atoms with Crippen molar-refractivity contribution in [2.24, 2.45) is 0 Å². The third kappa shape index (κ3) is 4.21. The zero-order valence-electron chi connectivity index (χ0n) is 10.5. The molecular formula is C16H15FO2. The van der Waals surface area contributed by atoms with Crippen LogP contribution >= 0.6 is 0 Å². The van der Waals surface area contributed by atoms with Crippen LogP contribution in [0.3, 0.4) is 0 Å². The molecule has 0 aliphatic rings. The van der Waals surface area contributed by atoms with Crippen LogP contribution in [0.2, 0.25) is 0 Å². The van der Waals surface area contributed by atoms with Gasteiger partial charge in [0.1, 0.15) is 24.5 Å². The second-order valence-corrected chi connectivity index (χ2v) is 4.26. The van der Waals surface area contributed by atoms with Gasteiger partial charge in [-0.15, -0.1) is 0 Å². The summed E-state index contributed by atoms with van der Waals surface area (Å²) >= 11 is 0. The number of benzene rings is 2. The average molecular weight is 258 g/mol. The van der Waals surface area contributed by atoms with Crippen LogP contribution < -0.4 is 4.74 Å². The molecule has 0 aliphatic heterocycles. The summed E-state index contributed by atoms with van der Waals surface area (Å²) in [5.41, 5.74) is 2.03. The predicted octanol–water partition coefficient (Wildman–Crippen LogP) is 3.54. The van der Waals surface area contributed by atoms with Crippen LogP contribution in [0, 0.1) is 5.82 Å². The van der Waals surface area contributed by atoms with Crippen LogP contribution in [0.25, 0.3) is 0 Å². The van der Waals surface area contributed by atoms with Crippen LogP contribution in [0.15, 0.2) is 48.5 Å². The lowest BCUT2D eigenvalue weighted by Gasteiger charge is -2.07. The third-order valence-corrected chi connectivity index (χ3v) is 2.79. The minimum atomic E-state index is -0.247. The zero-order valence-corrected chi connectivity index (χ0v) is 10.5. The molecule has 2 aromatic carbocycles. The van der Waals surface area contributed by atoms with E-state index in [9.17, 15) is 9.18 Å². The number of carbonyl (C=O) groups is 1. The Morgan fingerprint density at radius 3 is 2.21 bits per heavy atom. The molecule has 0 heterocycles. The van der Waals surface area contributed by atoms with E-state index in [4.69, 9.17) is 4.74 Å². The lowest BCUT2D eigenvalue weighted by molar-refractivity contribution is -0.107. The third-order valence-electron chi connectivity index (χ3n) is 2.79. The standard InChI is InChI=1S/C16H15FO2/c17-15-7-3-14(4-8-15)12-19-16-9-5-13(6-10-16)2-1-11-18/h3-11H,1-2,12H2. The largest absolute Gasteiger partial charge is 0.489 e. The van der Waals surface area contributed by atoms with Crippen molar-refractivity contribution in [2.45, 2.75) is 19.4 Å². The van der Waals surface area contributed by atoms with Crippen LogP contribution in [-0.2, 0) is 17.8 Å². The molecule has 0 atom stereocenters. The smallest absolute Gasteiger partial charge is 0.123 e. The highest BCUT2D eigenvalue weighted by atomic mass is 19.1. The Morgan fingerprint density at radius 1 is 0.947 bits per heavy atom. The maximum Gasteiger partial charge on any atom is 0.123 e. The summed E-state index contributed by atoms with van der Waals surface area (Å²) in [5, 5.41) is 0. The maximum absolute atomic E-state index is 12.7. The molecule has 0 aromatic heterocycles. The Hall–Kier alpha value is -2.16. The molecule has 0 bridgehead atoms. The van der Waals surface area contributed by atoms with Crippen LogP contribution in [-0.4, -0.2) is 6.29 Å². The Bertz CT molecular complexity index is 517. The molecule has 0 amide bonds. The molecule has 0 saturated carbocycles. The molecule has 2 rings (SSSR count). The van der Waals surface area contributed by atoms with E-state index in [1.165, 1.54) is 12.1 Å². The Morgan fingerprint density at radius 2 is 1.58 bits per heavy atom. The summed E-state index contributed by atoms with van der Waals surface area (Å²) in [6, 6.07) is 13.9. The molecule has 0 radical (unpaired) electrons. The predicted molar refractivity (Wildman–Crippen MR) is 71.6 cm³/mol. The second kappa shape index (κ2) is 6.69. The molecule has 3 heteroatoms. The average Bonchev–Trinajstić information content (AvgIpc) is 2.46. The summed E-state index contributed by atoms with van der Waals surface area (Å²) in [7, 11) is 0. The summed E-state index contributed by atoms with van der Waals surface area (Å²) in [6.07, 6.45) is 2.20. The van der Waals surface area contributed by atoms with Gasteiger partial charge in [0.15, 0.2) is 0 Å². The van der Waals surface area contributed by atoms with E-state index in [1.54, 1.807) is 12.1 Å². The molecule has 2 aromatic rings. The van der Waals surface area contributed by atoms with Gasteiger partial charge in [-0.3, -0.25) is 0 Å². The SMILES string of the molecule is O=CCCc1ccc(OCc2ccc(F)cc2)cc1. The van der Waals surface area contributed by atoms with Crippen molar-refractivity contribution >= 4 is 6.29 Å². The highest BCUT2D eigenvalue weighted by molar-refractivity contribution is 5.50. The van der Waals surface area contributed by atoms with Gasteiger partial charge < -0.3 is 9.53 Å². The number of hydrogen-bond acceptors (Lipinski definition) is 2. The van der Waals surface area contributed by atoms with Gasteiger partial charge in [-0.1, -0.05) is 24.3 Å². The van der Waals surface area contributed by atoms with Gasteiger partial charge >= 0.3 is 0 Å². The zero-order chi connectivity index (χ0) is 13.5. The minimum absolute atomic E-state index is 0.247. The first kappa shape index (κ1) is 13.3. The monoisotopic (exact) mass is 258 g/mol. The first-order valence-corrected chi connectivity index (χ1v) is 6.18. The Balaban J connectivity index is 1.89. The van der Waals surface area contributed by atoms with E-state index >= 15 is 0 Å². The van der Waals surface area contributed by atoms with Crippen molar-refractivity contribution in [3.8, 4) is 5.75 Å². The van der Waals surface area contributed by atoms with Gasteiger partial charge in [0.05, 0.1) is 0 Å². The van der Waals surface area contributed by atoms with Crippen molar-refractivity contribution < 1.29 is 13.9 Å². The Kier molecular flexibility index (Phi) is 4.67. The van der Waals surface area contributed by atoms with Gasteiger partial charge in [0.2, 0.25) is 0 Å². The van der Waals surface area contributed by atoms with Gasteiger partial charge in [0.25, 0.3) is 0 Å². The van der Waals surface area contributed by atoms with Crippen LogP contribution in [0.4, 0.5) is 4.39 Å². The van der Waals surface area contributed by atoms with E-state index in [2.05, 4.69) is 0 Å². The number of carbonyl (C=O) groups excluding carboxylic acids is 1. The van der Waals surface area contributed by atoms with Crippen LogP contribution in [0.5, 0.6) is 5.75 Å². The van der Waals surface area contributed by atoms with E-state index in [1.807, 2.05) is 24.3 Å². The summed E-state index contributed by atoms with van der Waals surface area (Å²) in [4.78, 5) is 10.3. The molecule has 0 fully saturated rings.